The molecule has 10 heteroatoms. The Morgan fingerprint density at radius 2 is 2.10 bits per heavy atom. The van der Waals surface area contributed by atoms with Crippen LogP contribution in [0.2, 0.25) is 0 Å². The second-order valence-electron chi connectivity index (χ2n) is 5.94. The zero-order valence-electron chi connectivity index (χ0n) is 15.4. The van der Waals surface area contributed by atoms with Crippen LogP contribution in [0.15, 0.2) is 24.3 Å². The third-order valence-electron chi connectivity index (χ3n) is 4.04. The van der Waals surface area contributed by atoms with Crippen LogP contribution in [0, 0.1) is 11.3 Å². The van der Waals surface area contributed by atoms with E-state index in [9.17, 15) is 19.6 Å². The molecule has 0 radical (unpaired) electrons. The van der Waals surface area contributed by atoms with Gasteiger partial charge < -0.3 is 25.3 Å². The molecule has 150 valence electrons. The van der Waals surface area contributed by atoms with Crippen LogP contribution in [0.3, 0.4) is 0 Å². The molecule has 0 unspecified atom stereocenters. The van der Waals surface area contributed by atoms with Crippen LogP contribution in [0.4, 0.5) is 10.7 Å². The van der Waals surface area contributed by atoms with Crippen molar-refractivity contribution >= 4 is 39.9 Å². The maximum Gasteiger partial charge on any atom is 0.348 e. The highest BCUT2D eigenvalue weighted by Crippen LogP contribution is 2.32. The standard InChI is InChI=1S/C19H17N3O6S/c1-2-26-19(25)16-11(10(8-20)17(21)29-16)9-27-15(23)7-14-18(24)22-12-5-3-4-6-13(12)28-14/h3-6,14H,2,7,9,21H2,1H3,(H,22,24)/t14-/m1/s1. The number of benzene rings is 1. The Morgan fingerprint density at radius 1 is 1.34 bits per heavy atom. The molecule has 2 heterocycles. The van der Waals surface area contributed by atoms with Crippen molar-refractivity contribution in [3.8, 4) is 11.8 Å². The average molecular weight is 415 g/mol. The van der Waals surface area contributed by atoms with Gasteiger partial charge in [-0.1, -0.05) is 12.1 Å². The van der Waals surface area contributed by atoms with Crippen molar-refractivity contribution in [1.82, 2.24) is 0 Å². The summed E-state index contributed by atoms with van der Waals surface area (Å²) in [4.78, 5) is 36.6. The molecule has 29 heavy (non-hydrogen) atoms. The van der Waals surface area contributed by atoms with Crippen molar-refractivity contribution < 1.29 is 28.6 Å². The lowest BCUT2D eigenvalue weighted by atomic mass is 10.1. The van der Waals surface area contributed by atoms with E-state index in [1.165, 1.54) is 0 Å². The predicted molar refractivity (Wildman–Crippen MR) is 103 cm³/mol. The number of hydrogen-bond acceptors (Lipinski definition) is 9. The molecule has 1 aliphatic heterocycles. The van der Waals surface area contributed by atoms with Gasteiger partial charge in [-0.25, -0.2) is 4.79 Å². The fraction of sp³-hybridized carbons (Fsp3) is 0.263. The van der Waals surface area contributed by atoms with Crippen molar-refractivity contribution in [3.63, 3.8) is 0 Å². The SMILES string of the molecule is CCOC(=O)c1sc(N)c(C#N)c1COC(=O)C[C@H]1Oc2ccccc2NC1=O. The number of nitrogens with two attached hydrogens (primary N) is 1. The van der Waals surface area contributed by atoms with Gasteiger partial charge in [0.15, 0.2) is 6.10 Å². The number of carbonyl (C=O) groups is 3. The number of ether oxygens (including phenoxy) is 3. The van der Waals surface area contributed by atoms with Gasteiger partial charge in [-0.15, -0.1) is 11.3 Å². The van der Waals surface area contributed by atoms with Gasteiger partial charge >= 0.3 is 11.9 Å². The number of nitriles is 1. The van der Waals surface area contributed by atoms with Gasteiger partial charge in [0.1, 0.15) is 28.3 Å². The first kappa shape index (κ1) is 20.2. The minimum Gasteiger partial charge on any atom is -0.478 e. The van der Waals surface area contributed by atoms with E-state index in [0.29, 0.717) is 11.4 Å². The molecule has 9 nitrogen and oxygen atoms in total. The Labute approximate surface area is 170 Å². The van der Waals surface area contributed by atoms with Crippen LogP contribution < -0.4 is 15.8 Å². The van der Waals surface area contributed by atoms with Gasteiger partial charge in [0.2, 0.25) is 0 Å². The smallest absolute Gasteiger partial charge is 0.348 e. The Bertz CT molecular complexity index is 1010. The molecule has 3 rings (SSSR count). The lowest BCUT2D eigenvalue weighted by Crippen LogP contribution is -2.38. The molecule has 1 aromatic carbocycles. The summed E-state index contributed by atoms with van der Waals surface area (Å²) >= 11 is 0.894. The molecular weight excluding hydrogens is 398 g/mol. The normalized spacial score (nSPS) is 14.8. The lowest BCUT2D eigenvalue weighted by molar-refractivity contribution is -0.149. The number of para-hydroxylation sites is 2. The van der Waals surface area contributed by atoms with E-state index >= 15 is 0 Å². The van der Waals surface area contributed by atoms with E-state index in [-0.39, 0.29) is 40.6 Å². The number of anilines is 2. The molecule has 0 fully saturated rings. The highest BCUT2D eigenvalue weighted by atomic mass is 32.1. The Balaban J connectivity index is 1.68. The molecule has 0 spiro atoms. The van der Waals surface area contributed by atoms with E-state index in [1.807, 2.05) is 6.07 Å². The number of nitrogens with zero attached hydrogens (tertiary/aromatic N) is 1. The topological polar surface area (TPSA) is 141 Å². The molecule has 3 N–H and O–H groups in total. The molecule has 1 atom stereocenters. The summed E-state index contributed by atoms with van der Waals surface area (Å²) in [6, 6.07) is 8.75. The minimum absolute atomic E-state index is 0.0615. The summed E-state index contributed by atoms with van der Waals surface area (Å²) in [5.74, 6) is -1.39. The number of nitrogen functional groups attached to an aromatic ring is 1. The molecule has 0 saturated carbocycles. The number of fused-ring (bicyclic) bond motifs is 1. The molecule has 1 aliphatic rings. The van der Waals surface area contributed by atoms with Gasteiger partial charge in [0, 0.05) is 5.56 Å². The summed E-state index contributed by atoms with van der Waals surface area (Å²) in [7, 11) is 0. The third-order valence-corrected chi connectivity index (χ3v) is 5.08. The Morgan fingerprint density at radius 3 is 2.83 bits per heavy atom. The van der Waals surface area contributed by atoms with Crippen LogP contribution in [-0.2, 0) is 25.7 Å². The number of nitrogens with one attached hydrogen (secondary N) is 1. The summed E-state index contributed by atoms with van der Waals surface area (Å²) < 4.78 is 15.7. The minimum atomic E-state index is -1.05. The number of amides is 1. The van der Waals surface area contributed by atoms with E-state index in [4.69, 9.17) is 19.9 Å². The van der Waals surface area contributed by atoms with Crippen LogP contribution in [0.1, 0.15) is 34.1 Å². The van der Waals surface area contributed by atoms with Crippen molar-refractivity contribution in [1.29, 1.82) is 5.26 Å². The molecule has 1 aromatic heterocycles. The molecular formula is C19H17N3O6S. The molecule has 0 aliphatic carbocycles. The second kappa shape index (κ2) is 8.62. The lowest BCUT2D eigenvalue weighted by Gasteiger charge is -2.25. The molecule has 1 amide bonds. The quantitative estimate of drug-likeness (QED) is 0.684. The monoisotopic (exact) mass is 415 g/mol. The molecule has 0 saturated heterocycles. The zero-order valence-corrected chi connectivity index (χ0v) is 16.2. The number of thiophene rings is 1. The van der Waals surface area contributed by atoms with Crippen molar-refractivity contribution in [2.24, 2.45) is 0 Å². The van der Waals surface area contributed by atoms with Gasteiger partial charge in [0.05, 0.1) is 24.3 Å². The van der Waals surface area contributed by atoms with E-state index in [2.05, 4.69) is 5.32 Å². The maximum absolute atomic E-state index is 12.2. The first-order chi connectivity index (χ1) is 13.9. The van der Waals surface area contributed by atoms with E-state index in [1.54, 1.807) is 31.2 Å². The maximum atomic E-state index is 12.2. The fourth-order valence-electron chi connectivity index (χ4n) is 2.70. The van der Waals surface area contributed by atoms with Crippen LogP contribution in [0.5, 0.6) is 5.75 Å². The molecule has 0 bridgehead atoms. The summed E-state index contributed by atoms with van der Waals surface area (Å²) in [6.45, 7) is 1.44. The Hall–Kier alpha value is -3.58. The predicted octanol–water partition coefficient (Wildman–Crippen LogP) is 2.21. The number of carbonyl (C=O) groups excluding carboxylic acids is 3. The van der Waals surface area contributed by atoms with Crippen molar-refractivity contribution in [2.45, 2.75) is 26.1 Å². The second-order valence-corrected chi connectivity index (χ2v) is 6.99. The van der Waals surface area contributed by atoms with Crippen molar-refractivity contribution in [3.05, 3.63) is 40.3 Å². The average Bonchev–Trinajstić information content (AvgIpc) is 3.02. The first-order valence-corrected chi connectivity index (χ1v) is 9.46. The van der Waals surface area contributed by atoms with E-state index in [0.717, 1.165) is 11.3 Å². The summed E-state index contributed by atoms with van der Waals surface area (Å²) in [5, 5.41) is 12.1. The largest absolute Gasteiger partial charge is 0.478 e. The highest BCUT2D eigenvalue weighted by Gasteiger charge is 2.31. The van der Waals surface area contributed by atoms with Crippen LogP contribution >= 0.6 is 11.3 Å². The van der Waals surface area contributed by atoms with Gasteiger partial charge in [-0.2, -0.15) is 5.26 Å². The third kappa shape index (κ3) is 4.30. The van der Waals surface area contributed by atoms with Gasteiger partial charge in [0.25, 0.3) is 5.91 Å². The fourth-order valence-corrected chi connectivity index (χ4v) is 3.61. The number of esters is 2. The summed E-state index contributed by atoms with van der Waals surface area (Å²) in [6.07, 6.45) is -1.39. The van der Waals surface area contributed by atoms with Crippen LogP contribution in [0.25, 0.3) is 0 Å². The van der Waals surface area contributed by atoms with E-state index < -0.39 is 23.9 Å². The summed E-state index contributed by atoms with van der Waals surface area (Å²) in [5.41, 5.74) is 6.55. The highest BCUT2D eigenvalue weighted by molar-refractivity contribution is 7.18. The van der Waals surface area contributed by atoms with Crippen LogP contribution in [-0.4, -0.2) is 30.6 Å². The van der Waals surface area contributed by atoms with Gasteiger partial charge in [-0.05, 0) is 19.1 Å². The zero-order chi connectivity index (χ0) is 21.0. The Kier molecular flexibility index (Phi) is 5.99. The number of hydrogen-bond donors (Lipinski definition) is 2. The molecule has 2 aromatic rings. The van der Waals surface area contributed by atoms with Crippen molar-refractivity contribution in [2.75, 3.05) is 17.7 Å². The number of rotatable bonds is 6. The van der Waals surface area contributed by atoms with Gasteiger partial charge in [-0.3, -0.25) is 9.59 Å². The first-order valence-electron chi connectivity index (χ1n) is 8.65.